The predicted molar refractivity (Wildman–Crippen MR) is 124 cm³/mol. The molecule has 1 amide bonds. The number of nitrogens with zero attached hydrogens (tertiary/aromatic N) is 9. The zero-order valence-corrected chi connectivity index (χ0v) is 19.1. The van der Waals surface area contributed by atoms with Crippen LogP contribution in [0.4, 0.5) is 14.7 Å². The molecular formula is C23H20F2N10O. The van der Waals surface area contributed by atoms with E-state index in [4.69, 9.17) is 5.73 Å². The maximum atomic E-state index is 14.3. The molecule has 1 aliphatic rings. The second-order valence-corrected chi connectivity index (χ2v) is 8.73. The Morgan fingerprint density at radius 3 is 2.72 bits per heavy atom. The van der Waals surface area contributed by atoms with Gasteiger partial charge >= 0.3 is 0 Å². The van der Waals surface area contributed by atoms with Gasteiger partial charge in [0.05, 0.1) is 5.39 Å². The van der Waals surface area contributed by atoms with Crippen LogP contribution in [0.25, 0.3) is 22.5 Å². The third kappa shape index (κ3) is 3.59. The number of fused-ring (bicyclic) bond motifs is 3. The molecule has 2 atom stereocenters. The summed E-state index contributed by atoms with van der Waals surface area (Å²) in [5.41, 5.74) is 6.40. The quantitative estimate of drug-likeness (QED) is 0.408. The fourth-order valence-corrected chi connectivity index (χ4v) is 4.55. The second kappa shape index (κ2) is 8.29. The van der Waals surface area contributed by atoms with Crippen LogP contribution in [0, 0.1) is 11.6 Å². The minimum absolute atomic E-state index is 0.0281. The molecule has 6 rings (SSSR count). The summed E-state index contributed by atoms with van der Waals surface area (Å²) in [5, 5.41) is 9.01. The summed E-state index contributed by atoms with van der Waals surface area (Å²) in [5.74, 6) is -1.30. The van der Waals surface area contributed by atoms with Crippen molar-refractivity contribution in [2.24, 2.45) is 0 Å². The van der Waals surface area contributed by atoms with Gasteiger partial charge in [-0.2, -0.15) is 9.61 Å². The van der Waals surface area contributed by atoms with Crippen molar-refractivity contribution in [3.63, 3.8) is 0 Å². The van der Waals surface area contributed by atoms with Crippen LogP contribution in [0.5, 0.6) is 0 Å². The number of halogens is 2. The molecule has 0 radical (unpaired) electrons. The molecule has 5 aromatic rings. The number of hydrogen-bond donors (Lipinski definition) is 1. The Morgan fingerprint density at radius 1 is 1.11 bits per heavy atom. The fourth-order valence-electron chi connectivity index (χ4n) is 4.55. The van der Waals surface area contributed by atoms with E-state index in [1.807, 2.05) is 6.92 Å². The van der Waals surface area contributed by atoms with Gasteiger partial charge in [0, 0.05) is 43.2 Å². The van der Waals surface area contributed by atoms with Gasteiger partial charge in [-0.15, -0.1) is 5.10 Å². The fraction of sp³-hybridized carbons (Fsp3) is 0.261. The number of piperidine rings is 1. The maximum absolute atomic E-state index is 14.3. The number of aromatic nitrogens is 8. The normalized spacial score (nSPS) is 18.2. The lowest BCUT2D eigenvalue weighted by Crippen LogP contribution is -2.45. The molecule has 36 heavy (non-hydrogen) atoms. The summed E-state index contributed by atoms with van der Waals surface area (Å²) < 4.78 is 30.9. The van der Waals surface area contributed by atoms with Gasteiger partial charge in [0.15, 0.2) is 23.0 Å². The Bertz CT molecular complexity index is 1620. The van der Waals surface area contributed by atoms with Crippen LogP contribution in [0.2, 0.25) is 0 Å². The third-order valence-corrected chi connectivity index (χ3v) is 6.41. The number of carbonyl (C=O) groups excluding carboxylic acids is 1. The van der Waals surface area contributed by atoms with Gasteiger partial charge in [-0.1, -0.05) is 0 Å². The molecule has 0 saturated carbocycles. The number of amides is 1. The number of carbonyl (C=O) groups is 1. The molecular weight excluding hydrogens is 470 g/mol. The highest BCUT2D eigenvalue weighted by atomic mass is 19.1. The second-order valence-electron chi connectivity index (χ2n) is 8.73. The topological polar surface area (TPSA) is 133 Å². The first kappa shape index (κ1) is 21.9. The molecule has 0 unspecified atom stereocenters. The van der Waals surface area contributed by atoms with E-state index in [0.717, 1.165) is 18.6 Å². The number of benzene rings is 1. The van der Waals surface area contributed by atoms with E-state index in [0.29, 0.717) is 24.7 Å². The van der Waals surface area contributed by atoms with Gasteiger partial charge in [-0.05, 0) is 38.0 Å². The Kier molecular flexibility index (Phi) is 5.05. The van der Waals surface area contributed by atoms with E-state index < -0.39 is 11.6 Å². The SMILES string of the molecule is C[C@H]1CC[C@@H](c2nc3c4cc(F)cc(F)c4nc(N)n3n2)CN1C(=O)c1ccn(-c2ncccn2)n1. The highest BCUT2D eigenvalue weighted by Crippen LogP contribution is 2.31. The minimum atomic E-state index is -0.827. The summed E-state index contributed by atoms with van der Waals surface area (Å²) in [6, 6.07) is 5.20. The van der Waals surface area contributed by atoms with E-state index in [9.17, 15) is 13.6 Å². The summed E-state index contributed by atoms with van der Waals surface area (Å²) in [6.07, 6.45) is 6.27. The van der Waals surface area contributed by atoms with Crippen molar-refractivity contribution in [3.8, 4) is 5.95 Å². The van der Waals surface area contributed by atoms with Crippen molar-refractivity contribution in [1.29, 1.82) is 0 Å². The molecule has 11 nitrogen and oxygen atoms in total. The van der Waals surface area contributed by atoms with Crippen LogP contribution in [-0.2, 0) is 0 Å². The molecule has 13 heteroatoms. The highest BCUT2D eigenvalue weighted by molar-refractivity contribution is 5.93. The molecule has 2 N–H and O–H groups in total. The average Bonchev–Trinajstić information content (AvgIpc) is 3.54. The van der Waals surface area contributed by atoms with Crippen LogP contribution in [0.1, 0.15) is 42.0 Å². The third-order valence-electron chi connectivity index (χ3n) is 6.41. The zero-order chi connectivity index (χ0) is 25.0. The summed E-state index contributed by atoms with van der Waals surface area (Å²) in [6.45, 7) is 2.32. The van der Waals surface area contributed by atoms with Crippen LogP contribution >= 0.6 is 0 Å². The molecule has 4 aromatic heterocycles. The Labute approximate surface area is 202 Å². The standard InChI is InChI=1S/C23H20F2N10O/c1-12-3-4-13(11-33(12)21(36)17-5-8-34(31-17)23-27-6-2-7-28-23)19-30-20-15-9-14(24)10-16(25)18(15)29-22(26)35(20)32-19/h2,5-10,12-13H,3-4,11H2,1H3,(H2,26,29)/t12-,13+/m0/s1. The van der Waals surface area contributed by atoms with Gasteiger partial charge in [-0.3, -0.25) is 4.79 Å². The first-order valence-corrected chi connectivity index (χ1v) is 11.3. The van der Waals surface area contributed by atoms with Crippen molar-refractivity contribution >= 4 is 28.4 Å². The van der Waals surface area contributed by atoms with E-state index in [-0.39, 0.29) is 46.1 Å². The number of rotatable bonds is 3. The average molecular weight is 490 g/mol. The Hall–Kier alpha value is -4.55. The van der Waals surface area contributed by atoms with Gasteiger partial charge < -0.3 is 10.6 Å². The molecule has 0 aliphatic carbocycles. The lowest BCUT2D eigenvalue weighted by Gasteiger charge is -2.36. The molecule has 0 spiro atoms. The predicted octanol–water partition coefficient (Wildman–Crippen LogP) is 2.52. The highest BCUT2D eigenvalue weighted by Gasteiger charge is 2.33. The van der Waals surface area contributed by atoms with E-state index in [1.54, 1.807) is 35.6 Å². The zero-order valence-electron chi connectivity index (χ0n) is 19.1. The maximum Gasteiger partial charge on any atom is 0.274 e. The molecule has 182 valence electrons. The van der Waals surface area contributed by atoms with Crippen molar-refractivity contribution in [2.75, 3.05) is 12.3 Å². The minimum Gasteiger partial charge on any atom is -0.368 e. The Balaban J connectivity index is 1.32. The number of nitrogen functional groups attached to an aromatic ring is 1. The summed E-state index contributed by atoms with van der Waals surface area (Å²) in [4.78, 5) is 32.0. The lowest BCUT2D eigenvalue weighted by molar-refractivity contribution is 0.0599. The van der Waals surface area contributed by atoms with Crippen LogP contribution < -0.4 is 5.73 Å². The van der Waals surface area contributed by atoms with E-state index >= 15 is 0 Å². The molecule has 1 fully saturated rings. The van der Waals surface area contributed by atoms with Crippen LogP contribution in [-0.4, -0.2) is 62.7 Å². The first-order chi connectivity index (χ1) is 17.4. The largest absolute Gasteiger partial charge is 0.368 e. The van der Waals surface area contributed by atoms with Gasteiger partial charge in [-0.25, -0.2) is 33.4 Å². The number of hydrogen-bond acceptors (Lipinski definition) is 8. The van der Waals surface area contributed by atoms with Crippen molar-refractivity contribution in [1.82, 2.24) is 44.2 Å². The monoisotopic (exact) mass is 490 g/mol. The molecule has 0 bridgehead atoms. The van der Waals surface area contributed by atoms with Gasteiger partial charge in [0.1, 0.15) is 11.3 Å². The van der Waals surface area contributed by atoms with Gasteiger partial charge in [0.2, 0.25) is 11.9 Å². The van der Waals surface area contributed by atoms with Crippen LogP contribution in [0.15, 0.2) is 42.9 Å². The van der Waals surface area contributed by atoms with E-state index in [2.05, 4.69) is 30.1 Å². The lowest BCUT2D eigenvalue weighted by atomic mass is 9.92. The molecule has 1 aromatic carbocycles. The van der Waals surface area contributed by atoms with Gasteiger partial charge in [0.25, 0.3) is 5.91 Å². The number of nitrogens with two attached hydrogens (primary N) is 1. The van der Waals surface area contributed by atoms with Crippen molar-refractivity contribution < 1.29 is 13.6 Å². The summed E-state index contributed by atoms with van der Waals surface area (Å²) in [7, 11) is 0. The molecule has 1 aliphatic heterocycles. The van der Waals surface area contributed by atoms with E-state index in [1.165, 1.54) is 9.20 Å². The van der Waals surface area contributed by atoms with Crippen molar-refractivity contribution in [2.45, 2.75) is 31.7 Å². The Morgan fingerprint density at radius 2 is 1.92 bits per heavy atom. The smallest absolute Gasteiger partial charge is 0.274 e. The summed E-state index contributed by atoms with van der Waals surface area (Å²) >= 11 is 0. The first-order valence-electron chi connectivity index (χ1n) is 11.3. The van der Waals surface area contributed by atoms with Crippen LogP contribution in [0.3, 0.4) is 0 Å². The molecule has 5 heterocycles. The molecule has 1 saturated heterocycles. The van der Waals surface area contributed by atoms with Crippen molar-refractivity contribution in [3.05, 3.63) is 66.0 Å². The number of anilines is 1. The number of likely N-dealkylation sites (tertiary alicyclic amines) is 1.